The molecule has 1 amide bonds. The van der Waals surface area contributed by atoms with Gasteiger partial charge in [0.15, 0.2) is 0 Å². The molecule has 3 rings (SSSR count). The summed E-state index contributed by atoms with van der Waals surface area (Å²) in [4.78, 5) is 25.4. The molecule has 2 unspecified atom stereocenters. The number of carbonyl (C=O) groups is 2. The first-order valence-corrected chi connectivity index (χ1v) is 7.35. The molecule has 0 spiro atoms. The molecule has 2 aliphatic rings. The molecule has 1 aliphatic heterocycles. The molecule has 1 N–H and O–H groups in total. The predicted molar refractivity (Wildman–Crippen MR) is 74.4 cm³/mol. The number of carboxylic acid groups (broad SMARTS) is 1. The van der Waals surface area contributed by atoms with Gasteiger partial charge in [0.25, 0.3) is 0 Å². The third kappa shape index (κ3) is 2.75. The summed E-state index contributed by atoms with van der Waals surface area (Å²) in [6.07, 6.45) is 2.25. The first-order chi connectivity index (χ1) is 9.97. The van der Waals surface area contributed by atoms with Crippen LogP contribution in [0.15, 0.2) is 18.2 Å². The van der Waals surface area contributed by atoms with E-state index in [4.69, 9.17) is 11.6 Å². The molecule has 112 valence electrons. The van der Waals surface area contributed by atoms with Crippen LogP contribution in [0.1, 0.15) is 37.3 Å². The lowest BCUT2D eigenvalue weighted by molar-refractivity contribution is -0.152. The fourth-order valence-electron chi connectivity index (χ4n) is 3.10. The molecule has 2 atom stereocenters. The van der Waals surface area contributed by atoms with Crippen LogP contribution in [0.2, 0.25) is 5.02 Å². The van der Waals surface area contributed by atoms with Gasteiger partial charge in [0.05, 0.1) is 12.0 Å². The van der Waals surface area contributed by atoms with Crippen molar-refractivity contribution in [3.63, 3.8) is 0 Å². The summed E-state index contributed by atoms with van der Waals surface area (Å²) >= 11 is 5.89. The predicted octanol–water partition coefficient (Wildman–Crippen LogP) is 3.01. The summed E-state index contributed by atoms with van der Waals surface area (Å²) < 4.78 is 13.6. The van der Waals surface area contributed by atoms with Crippen LogP contribution in [0.4, 0.5) is 4.39 Å². The highest BCUT2D eigenvalue weighted by molar-refractivity contribution is 6.30. The van der Waals surface area contributed by atoms with Gasteiger partial charge in [-0.05, 0) is 43.0 Å². The third-order valence-corrected chi connectivity index (χ3v) is 4.34. The van der Waals surface area contributed by atoms with Gasteiger partial charge < -0.3 is 10.0 Å². The maximum Gasteiger partial charge on any atom is 0.308 e. The molecule has 6 heteroatoms. The zero-order valence-corrected chi connectivity index (χ0v) is 12.0. The van der Waals surface area contributed by atoms with Crippen molar-refractivity contribution in [1.82, 2.24) is 4.90 Å². The van der Waals surface area contributed by atoms with Crippen molar-refractivity contribution in [3.8, 4) is 0 Å². The van der Waals surface area contributed by atoms with Crippen LogP contribution >= 0.6 is 11.6 Å². The molecule has 1 heterocycles. The average molecular weight is 312 g/mol. The summed E-state index contributed by atoms with van der Waals surface area (Å²) in [7, 11) is 0. The number of rotatable bonds is 3. The minimum absolute atomic E-state index is 0.0552. The lowest BCUT2D eigenvalue weighted by Gasteiger charge is -2.40. The average Bonchev–Trinajstić information content (AvgIpc) is 3.20. The van der Waals surface area contributed by atoms with Crippen LogP contribution in [0.25, 0.3) is 0 Å². The summed E-state index contributed by atoms with van der Waals surface area (Å²) in [6.45, 7) is 0. The first-order valence-electron chi connectivity index (χ1n) is 6.97. The molecule has 0 radical (unpaired) electrons. The summed E-state index contributed by atoms with van der Waals surface area (Å²) in [5.41, 5.74) is 0.465. The fourth-order valence-corrected chi connectivity index (χ4v) is 3.33. The van der Waals surface area contributed by atoms with Gasteiger partial charge in [0.1, 0.15) is 5.82 Å². The minimum Gasteiger partial charge on any atom is -0.481 e. The Morgan fingerprint density at radius 3 is 2.57 bits per heavy atom. The maximum atomic E-state index is 13.6. The second kappa shape index (κ2) is 5.30. The Morgan fingerprint density at radius 1 is 1.29 bits per heavy atom. The Bertz CT molecular complexity index is 582. The van der Waals surface area contributed by atoms with E-state index in [1.165, 1.54) is 12.1 Å². The van der Waals surface area contributed by atoms with Gasteiger partial charge in [-0.3, -0.25) is 9.59 Å². The van der Waals surface area contributed by atoms with Crippen LogP contribution < -0.4 is 0 Å². The van der Waals surface area contributed by atoms with Crippen molar-refractivity contribution in [1.29, 1.82) is 0 Å². The Morgan fingerprint density at radius 2 is 2.00 bits per heavy atom. The zero-order chi connectivity index (χ0) is 15.1. The quantitative estimate of drug-likeness (QED) is 0.933. The molecule has 1 aromatic rings. The molecular weight excluding hydrogens is 297 g/mol. The number of amides is 1. The van der Waals surface area contributed by atoms with Gasteiger partial charge >= 0.3 is 5.97 Å². The molecule has 1 saturated heterocycles. The topological polar surface area (TPSA) is 57.6 Å². The van der Waals surface area contributed by atoms with Crippen molar-refractivity contribution in [2.45, 2.75) is 37.8 Å². The first kappa shape index (κ1) is 14.3. The number of likely N-dealkylation sites (tertiary alicyclic amines) is 1. The number of benzene rings is 1. The SMILES string of the molecule is O=C(O)C1CCC(=O)N(C2CC2)C1c1cc(F)cc(Cl)c1. The van der Waals surface area contributed by atoms with E-state index in [1.807, 2.05) is 0 Å². The number of carboxylic acids is 1. The molecular formula is C15H15ClFNO3. The molecule has 4 nitrogen and oxygen atoms in total. The molecule has 1 saturated carbocycles. The monoisotopic (exact) mass is 311 g/mol. The number of piperidine rings is 1. The molecule has 21 heavy (non-hydrogen) atoms. The van der Waals surface area contributed by atoms with Gasteiger partial charge in [-0.2, -0.15) is 0 Å². The lowest BCUT2D eigenvalue weighted by atomic mass is 9.84. The van der Waals surface area contributed by atoms with Gasteiger partial charge in [-0.1, -0.05) is 11.6 Å². The molecule has 1 aliphatic carbocycles. The Balaban J connectivity index is 2.05. The number of hydrogen-bond acceptors (Lipinski definition) is 2. The second-order valence-corrected chi connectivity index (χ2v) is 6.10. The number of nitrogens with zero attached hydrogens (tertiary/aromatic N) is 1. The van der Waals surface area contributed by atoms with E-state index >= 15 is 0 Å². The van der Waals surface area contributed by atoms with Gasteiger partial charge in [-0.15, -0.1) is 0 Å². The number of aliphatic carboxylic acids is 1. The normalized spacial score (nSPS) is 26.0. The van der Waals surface area contributed by atoms with Crippen LogP contribution in [-0.2, 0) is 9.59 Å². The number of halogens is 2. The van der Waals surface area contributed by atoms with Crippen molar-refractivity contribution in [2.75, 3.05) is 0 Å². The zero-order valence-electron chi connectivity index (χ0n) is 11.3. The fraction of sp³-hybridized carbons (Fsp3) is 0.467. The van der Waals surface area contributed by atoms with Gasteiger partial charge in [0, 0.05) is 17.5 Å². The third-order valence-electron chi connectivity index (χ3n) is 4.12. The number of hydrogen-bond donors (Lipinski definition) is 1. The van der Waals surface area contributed by atoms with Crippen molar-refractivity contribution >= 4 is 23.5 Å². The Hall–Kier alpha value is -1.62. The van der Waals surface area contributed by atoms with E-state index in [9.17, 15) is 19.1 Å². The van der Waals surface area contributed by atoms with E-state index in [2.05, 4.69) is 0 Å². The Kier molecular flexibility index (Phi) is 3.61. The van der Waals surface area contributed by atoms with Crippen molar-refractivity contribution in [3.05, 3.63) is 34.6 Å². The summed E-state index contributed by atoms with van der Waals surface area (Å²) in [6, 6.07) is 3.45. The largest absolute Gasteiger partial charge is 0.481 e. The molecule has 1 aromatic carbocycles. The smallest absolute Gasteiger partial charge is 0.308 e. The van der Waals surface area contributed by atoms with E-state index in [1.54, 1.807) is 11.0 Å². The second-order valence-electron chi connectivity index (χ2n) is 5.66. The van der Waals surface area contributed by atoms with E-state index in [-0.39, 0.29) is 29.8 Å². The highest BCUT2D eigenvalue weighted by atomic mass is 35.5. The summed E-state index contributed by atoms with van der Waals surface area (Å²) in [5, 5.41) is 9.66. The van der Waals surface area contributed by atoms with E-state index < -0.39 is 23.7 Å². The van der Waals surface area contributed by atoms with E-state index in [0.29, 0.717) is 5.56 Å². The number of carbonyl (C=O) groups excluding carboxylic acids is 1. The van der Waals surface area contributed by atoms with Crippen LogP contribution in [0.5, 0.6) is 0 Å². The molecule has 0 aromatic heterocycles. The molecule has 2 fully saturated rings. The van der Waals surface area contributed by atoms with Gasteiger partial charge in [0.2, 0.25) is 5.91 Å². The standard InChI is InChI=1S/C15H15ClFNO3/c16-9-5-8(6-10(17)7-9)14-12(15(20)21)3-4-13(19)18(14)11-1-2-11/h5-7,11-12,14H,1-4H2,(H,20,21). The maximum absolute atomic E-state index is 13.6. The Labute approximate surface area is 126 Å². The van der Waals surface area contributed by atoms with Crippen LogP contribution in [0, 0.1) is 11.7 Å². The lowest BCUT2D eigenvalue weighted by Crippen LogP contribution is -2.46. The van der Waals surface area contributed by atoms with Crippen LogP contribution in [-0.4, -0.2) is 27.9 Å². The highest BCUT2D eigenvalue weighted by Gasteiger charge is 2.46. The van der Waals surface area contributed by atoms with Crippen molar-refractivity contribution < 1.29 is 19.1 Å². The van der Waals surface area contributed by atoms with Crippen molar-refractivity contribution in [2.24, 2.45) is 5.92 Å². The van der Waals surface area contributed by atoms with E-state index in [0.717, 1.165) is 12.8 Å². The van der Waals surface area contributed by atoms with Crippen LogP contribution in [0.3, 0.4) is 0 Å². The summed E-state index contributed by atoms with van der Waals surface area (Å²) in [5.74, 6) is -2.25. The molecule has 0 bridgehead atoms. The highest BCUT2D eigenvalue weighted by Crippen LogP contribution is 2.44. The van der Waals surface area contributed by atoms with Gasteiger partial charge in [-0.25, -0.2) is 4.39 Å². The minimum atomic E-state index is -0.960.